The Balaban J connectivity index is 1.16. The molecule has 1 aromatic heterocycles. The molecule has 0 radical (unpaired) electrons. The van der Waals surface area contributed by atoms with E-state index in [9.17, 15) is 0 Å². The molecule has 262 valence electrons. The average Bonchev–Trinajstić information content (AvgIpc) is 3.62. The van der Waals surface area contributed by atoms with Crippen LogP contribution in [0.3, 0.4) is 0 Å². The Morgan fingerprint density at radius 3 is 1.77 bits per heavy atom. The predicted octanol–water partition coefficient (Wildman–Crippen LogP) is 15.0. The van der Waals surface area contributed by atoms with Crippen molar-refractivity contribution in [3.8, 4) is 27.9 Å². The van der Waals surface area contributed by atoms with Crippen LogP contribution >= 0.6 is 0 Å². The van der Waals surface area contributed by atoms with Crippen molar-refractivity contribution in [2.75, 3.05) is 4.90 Å². The summed E-state index contributed by atoms with van der Waals surface area (Å²) in [5.41, 5.74) is 11.6. The summed E-state index contributed by atoms with van der Waals surface area (Å²) in [5, 5.41) is 10.1. The first-order chi connectivity index (χ1) is 27.8. The van der Waals surface area contributed by atoms with Crippen LogP contribution in [0, 0.1) is 0 Å². The van der Waals surface area contributed by atoms with Crippen molar-refractivity contribution in [2.24, 2.45) is 0 Å². The molecule has 0 unspecified atom stereocenters. The molecule has 0 aliphatic heterocycles. The third-order valence-corrected chi connectivity index (χ3v) is 11.4. The molecule has 11 rings (SSSR count). The van der Waals surface area contributed by atoms with Crippen LogP contribution in [0.2, 0.25) is 0 Å². The monoisotopic (exact) mass is 712 g/mol. The summed E-state index contributed by atoms with van der Waals surface area (Å²) in [6.07, 6.45) is 0. The minimum Gasteiger partial charge on any atom is -0.308 e. The van der Waals surface area contributed by atoms with Crippen molar-refractivity contribution in [1.82, 2.24) is 4.57 Å². The maximum absolute atomic E-state index is 2.46. The fourth-order valence-electron chi connectivity index (χ4n) is 8.87. The molecular weight excluding hydrogens is 677 g/mol. The van der Waals surface area contributed by atoms with Crippen molar-refractivity contribution in [1.29, 1.82) is 0 Å². The van der Waals surface area contributed by atoms with Crippen LogP contribution in [-0.2, 0) is 0 Å². The fraction of sp³-hybridized carbons (Fsp3) is 0. The lowest BCUT2D eigenvalue weighted by molar-refractivity contribution is 1.17. The summed E-state index contributed by atoms with van der Waals surface area (Å²) in [6, 6.07) is 79.5. The molecule has 0 aliphatic rings. The minimum atomic E-state index is 1.09. The summed E-state index contributed by atoms with van der Waals surface area (Å²) in [5.74, 6) is 0. The number of anilines is 3. The quantitative estimate of drug-likeness (QED) is 0.156. The molecule has 11 aromatic rings. The predicted molar refractivity (Wildman–Crippen MR) is 239 cm³/mol. The van der Waals surface area contributed by atoms with Crippen molar-refractivity contribution < 1.29 is 0 Å². The van der Waals surface area contributed by atoms with E-state index in [4.69, 9.17) is 0 Å². The molecule has 0 atom stereocenters. The molecule has 56 heavy (non-hydrogen) atoms. The molecule has 0 fully saturated rings. The second-order valence-corrected chi connectivity index (χ2v) is 14.5. The number of nitrogens with zero attached hydrogens (tertiary/aromatic N) is 2. The lowest BCUT2D eigenvalue weighted by Gasteiger charge is -2.29. The average molecular weight is 713 g/mol. The van der Waals surface area contributed by atoms with E-state index in [2.05, 4.69) is 228 Å². The number of hydrogen-bond acceptors (Lipinski definition) is 1. The Bertz CT molecular complexity index is 3230. The molecule has 0 saturated carbocycles. The van der Waals surface area contributed by atoms with Gasteiger partial charge in [-0.1, -0.05) is 176 Å². The molecule has 1 heterocycles. The Morgan fingerprint density at radius 1 is 0.321 bits per heavy atom. The first-order valence-corrected chi connectivity index (χ1v) is 19.3. The van der Waals surface area contributed by atoms with Gasteiger partial charge in [-0.2, -0.15) is 0 Å². The molecule has 0 saturated heterocycles. The normalized spacial score (nSPS) is 11.6. The Kier molecular flexibility index (Phi) is 7.53. The summed E-state index contributed by atoms with van der Waals surface area (Å²) in [4.78, 5) is 2.46. The molecule has 0 N–H and O–H groups in total. The van der Waals surface area contributed by atoms with Crippen LogP contribution < -0.4 is 4.90 Å². The van der Waals surface area contributed by atoms with Gasteiger partial charge in [0.1, 0.15) is 0 Å². The zero-order valence-corrected chi connectivity index (χ0v) is 30.7. The third kappa shape index (κ3) is 5.11. The Labute approximate surface area is 325 Å². The van der Waals surface area contributed by atoms with E-state index in [0.29, 0.717) is 0 Å². The van der Waals surface area contributed by atoms with E-state index in [1.54, 1.807) is 0 Å². The number of benzene rings is 10. The van der Waals surface area contributed by atoms with Gasteiger partial charge in [0.2, 0.25) is 0 Å². The van der Waals surface area contributed by atoms with Gasteiger partial charge in [0, 0.05) is 27.7 Å². The van der Waals surface area contributed by atoms with Crippen LogP contribution in [0.1, 0.15) is 0 Å². The van der Waals surface area contributed by atoms with E-state index in [-0.39, 0.29) is 0 Å². The lowest BCUT2D eigenvalue weighted by atomic mass is 9.91. The van der Waals surface area contributed by atoms with E-state index in [0.717, 1.165) is 22.7 Å². The highest BCUT2D eigenvalue weighted by atomic mass is 15.2. The number of rotatable bonds is 6. The second-order valence-electron chi connectivity index (χ2n) is 14.5. The summed E-state index contributed by atoms with van der Waals surface area (Å²) < 4.78 is 2.43. The van der Waals surface area contributed by atoms with Crippen LogP contribution in [0.15, 0.2) is 218 Å². The molecule has 2 heteroatoms. The van der Waals surface area contributed by atoms with Gasteiger partial charge in [-0.25, -0.2) is 0 Å². The van der Waals surface area contributed by atoms with E-state index < -0.39 is 0 Å². The van der Waals surface area contributed by atoms with Crippen molar-refractivity contribution in [2.45, 2.75) is 0 Å². The van der Waals surface area contributed by atoms with Gasteiger partial charge in [-0.3, -0.25) is 0 Å². The zero-order valence-electron chi connectivity index (χ0n) is 30.7. The fourth-order valence-corrected chi connectivity index (χ4v) is 8.87. The number of aromatic nitrogens is 1. The van der Waals surface area contributed by atoms with E-state index >= 15 is 0 Å². The largest absolute Gasteiger partial charge is 0.308 e. The number of para-hydroxylation sites is 4. The standard InChI is InChI=1S/C54H36N2/c1-3-15-37(16-4-1)44-22-9-11-26-50(44)55(52-28-14-25-49-47-23-10-12-27-51(47)56(54(49)52)41-19-5-2-6-20-41)42-33-29-39(30-34-42)45-24-13-18-40-32-35-46-43-21-8-7-17-38(43)31-36-48(46)53(40)45/h1-36H. The first-order valence-electron chi connectivity index (χ1n) is 19.3. The van der Waals surface area contributed by atoms with Gasteiger partial charge >= 0.3 is 0 Å². The lowest BCUT2D eigenvalue weighted by Crippen LogP contribution is -2.12. The van der Waals surface area contributed by atoms with Gasteiger partial charge < -0.3 is 9.47 Å². The number of fused-ring (bicyclic) bond motifs is 8. The van der Waals surface area contributed by atoms with Crippen LogP contribution in [-0.4, -0.2) is 4.57 Å². The Hall–Kier alpha value is -7.42. The highest BCUT2D eigenvalue weighted by Crippen LogP contribution is 2.47. The second kappa shape index (κ2) is 13.2. The van der Waals surface area contributed by atoms with Crippen molar-refractivity contribution >= 4 is 71.2 Å². The summed E-state index contributed by atoms with van der Waals surface area (Å²) >= 11 is 0. The van der Waals surface area contributed by atoms with Gasteiger partial charge in [0.05, 0.1) is 22.4 Å². The van der Waals surface area contributed by atoms with E-state index in [1.165, 1.54) is 76.4 Å². The molecular formula is C54H36N2. The highest BCUT2D eigenvalue weighted by Gasteiger charge is 2.23. The van der Waals surface area contributed by atoms with Gasteiger partial charge in [0.25, 0.3) is 0 Å². The minimum absolute atomic E-state index is 1.09. The summed E-state index contributed by atoms with van der Waals surface area (Å²) in [7, 11) is 0. The van der Waals surface area contributed by atoms with Crippen molar-refractivity contribution in [3.05, 3.63) is 218 Å². The van der Waals surface area contributed by atoms with Crippen LogP contribution in [0.5, 0.6) is 0 Å². The smallest absolute Gasteiger partial charge is 0.0782 e. The van der Waals surface area contributed by atoms with Gasteiger partial charge in [-0.05, 0) is 91.5 Å². The maximum atomic E-state index is 2.46. The molecule has 2 nitrogen and oxygen atoms in total. The molecule has 0 aliphatic carbocycles. The van der Waals surface area contributed by atoms with E-state index in [1.807, 2.05) is 0 Å². The Morgan fingerprint density at radius 2 is 0.911 bits per heavy atom. The SMILES string of the molecule is c1ccc(-c2ccccc2N(c2ccc(-c3cccc4ccc5c6ccccc6ccc5c34)cc2)c2cccc3c4ccccc4n(-c4ccccc4)c23)cc1. The molecule has 0 amide bonds. The topological polar surface area (TPSA) is 8.17 Å². The zero-order chi connectivity index (χ0) is 37.0. The molecule has 10 aromatic carbocycles. The number of hydrogen-bond donors (Lipinski definition) is 0. The highest BCUT2D eigenvalue weighted by molar-refractivity contribution is 6.21. The summed E-state index contributed by atoms with van der Waals surface area (Å²) in [6.45, 7) is 0. The van der Waals surface area contributed by atoms with Gasteiger partial charge in [-0.15, -0.1) is 0 Å². The maximum Gasteiger partial charge on any atom is 0.0782 e. The van der Waals surface area contributed by atoms with Gasteiger partial charge in [0.15, 0.2) is 0 Å². The first kappa shape index (κ1) is 32.0. The third-order valence-electron chi connectivity index (χ3n) is 11.4. The van der Waals surface area contributed by atoms with Crippen LogP contribution in [0.4, 0.5) is 17.1 Å². The van der Waals surface area contributed by atoms with Crippen LogP contribution in [0.25, 0.3) is 82.1 Å². The molecule has 0 bridgehead atoms. The van der Waals surface area contributed by atoms with Crippen molar-refractivity contribution in [3.63, 3.8) is 0 Å². The molecule has 0 spiro atoms.